The Balaban J connectivity index is 2.79. The van der Waals surface area contributed by atoms with Crippen LogP contribution in [-0.4, -0.2) is 26.7 Å². The van der Waals surface area contributed by atoms with Crippen LogP contribution in [0.3, 0.4) is 0 Å². The van der Waals surface area contributed by atoms with Gasteiger partial charge >= 0.3 is 0 Å². The Bertz CT molecular complexity index is 588. The third-order valence-corrected chi connectivity index (χ3v) is 3.82. The van der Waals surface area contributed by atoms with Crippen LogP contribution in [0.15, 0.2) is 24.3 Å². The molecule has 0 saturated carbocycles. The molecule has 0 saturated heterocycles. The Kier molecular flexibility index (Phi) is 6.68. The van der Waals surface area contributed by atoms with Crippen LogP contribution in [0.25, 0.3) is 0 Å². The van der Waals surface area contributed by atoms with E-state index in [1.54, 1.807) is 19.1 Å². The molecule has 0 spiro atoms. The molecule has 0 amide bonds. The summed E-state index contributed by atoms with van der Waals surface area (Å²) in [6, 6.07) is 6.89. The summed E-state index contributed by atoms with van der Waals surface area (Å²) in [4.78, 5) is 0. The minimum atomic E-state index is -3.50. The maximum atomic E-state index is 11.7. The molecule has 0 aromatic heterocycles. The number of nitrogens with one attached hydrogen (secondary N) is 2. The van der Waals surface area contributed by atoms with Crippen LogP contribution >= 0.6 is 0 Å². The topological polar surface area (TPSA) is 78.4 Å². The molecule has 0 fully saturated rings. The van der Waals surface area contributed by atoms with E-state index in [1.165, 1.54) is 0 Å². The van der Waals surface area contributed by atoms with Crippen molar-refractivity contribution in [3.63, 3.8) is 0 Å². The Hall–Kier alpha value is -1.39. The summed E-state index contributed by atoms with van der Waals surface area (Å²) in [6.07, 6.45) is 0.738. The molecule has 0 bridgehead atoms. The molecule has 110 valence electrons. The van der Waals surface area contributed by atoms with Crippen LogP contribution in [0.4, 0.5) is 0 Å². The maximum absolute atomic E-state index is 11.7. The van der Waals surface area contributed by atoms with Crippen LogP contribution in [0.2, 0.25) is 0 Å². The smallest absolute Gasteiger partial charge is 0.277 e. The first kappa shape index (κ1) is 16.7. The lowest BCUT2D eigenvalue weighted by Crippen LogP contribution is -2.38. The van der Waals surface area contributed by atoms with E-state index >= 15 is 0 Å². The first-order chi connectivity index (χ1) is 9.48. The van der Waals surface area contributed by atoms with Crippen molar-refractivity contribution in [1.29, 1.82) is 0 Å². The zero-order valence-corrected chi connectivity index (χ0v) is 12.5. The van der Waals surface area contributed by atoms with Gasteiger partial charge in [0.05, 0.1) is 0 Å². The van der Waals surface area contributed by atoms with Gasteiger partial charge in [0.15, 0.2) is 0 Å². The lowest BCUT2D eigenvalue weighted by Gasteiger charge is -2.15. The SMILES string of the molecule is CCCNS(=O)(=O)NC(C)c1cccc(C#CCO)c1. The molecule has 1 rings (SSSR count). The summed E-state index contributed by atoms with van der Waals surface area (Å²) in [5.41, 5.74) is 1.56. The minimum Gasteiger partial charge on any atom is -0.384 e. The van der Waals surface area contributed by atoms with Crippen molar-refractivity contribution >= 4 is 10.2 Å². The van der Waals surface area contributed by atoms with Crippen LogP contribution < -0.4 is 9.44 Å². The molecule has 6 heteroatoms. The largest absolute Gasteiger partial charge is 0.384 e. The van der Waals surface area contributed by atoms with Gasteiger partial charge in [0.25, 0.3) is 10.2 Å². The highest BCUT2D eigenvalue weighted by atomic mass is 32.2. The molecule has 0 aliphatic carbocycles. The van der Waals surface area contributed by atoms with E-state index in [-0.39, 0.29) is 12.6 Å². The van der Waals surface area contributed by atoms with Crippen molar-refractivity contribution in [2.24, 2.45) is 0 Å². The van der Waals surface area contributed by atoms with Gasteiger partial charge in [-0.15, -0.1) is 0 Å². The molecular formula is C14H20N2O3S. The second kappa shape index (κ2) is 8.02. The molecule has 1 atom stereocenters. The first-order valence-corrected chi connectivity index (χ1v) is 7.93. The number of hydrogen-bond acceptors (Lipinski definition) is 3. The van der Waals surface area contributed by atoms with Gasteiger partial charge in [-0.1, -0.05) is 30.9 Å². The fourth-order valence-corrected chi connectivity index (χ4v) is 2.76. The fourth-order valence-electron chi connectivity index (χ4n) is 1.61. The monoisotopic (exact) mass is 296 g/mol. The van der Waals surface area contributed by atoms with E-state index in [4.69, 9.17) is 5.11 Å². The summed E-state index contributed by atoms with van der Waals surface area (Å²) in [5.74, 6) is 5.36. The third kappa shape index (κ3) is 5.72. The van der Waals surface area contributed by atoms with Gasteiger partial charge in [-0.25, -0.2) is 4.72 Å². The normalized spacial score (nSPS) is 12.6. The van der Waals surface area contributed by atoms with Crippen LogP contribution in [0, 0.1) is 11.8 Å². The van der Waals surface area contributed by atoms with Crippen molar-refractivity contribution in [3.05, 3.63) is 35.4 Å². The molecule has 20 heavy (non-hydrogen) atoms. The predicted molar refractivity (Wildman–Crippen MR) is 79.2 cm³/mol. The standard InChI is InChI=1S/C14H20N2O3S/c1-3-9-15-20(18,19)16-12(2)14-8-4-6-13(11-14)7-5-10-17/h4,6,8,11-12,15-17H,3,9-10H2,1-2H3. The number of benzene rings is 1. The van der Waals surface area contributed by atoms with Crippen molar-refractivity contribution in [2.45, 2.75) is 26.3 Å². The number of hydrogen-bond donors (Lipinski definition) is 3. The highest BCUT2D eigenvalue weighted by Gasteiger charge is 2.14. The second-order valence-electron chi connectivity index (χ2n) is 4.32. The van der Waals surface area contributed by atoms with Crippen molar-refractivity contribution < 1.29 is 13.5 Å². The predicted octanol–water partition coefficient (Wildman–Crippen LogP) is 0.925. The molecular weight excluding hydrogens is 276 g/mol. The molecule has 0 aliphatic rings. The first-order valence-electron chi connectivity index (χ1n) is 6.45. The molecule has 1 aromatic rings. The van der Waals surface area contributed by atoms with Crippen LogP contribution in [0.5, 0.6) is 0 Å². The van der Waals surface area contributed by atoms with Crippen LogP contribution in [0.1, 0.15) is 37.4 Å². The molecule has 0 radical (unpaired) electrons. The van der Waals surface area contributed by atoms with Crippen molar-refractivity contribution in [2.75, 3.05) is 13.2 Å². The zero-order chi connectivity index (χ0) is 15.0. The van der Waals surface area contributed by atoms with E-state index in [9.17, 15) is 8.42 Å². The van der Waals surface area contributed by atoms with Gasteiger partial charge in [0.2, 0.25) is 0 Å². The minimum absolute atomic E-state index is 0.201. The maximum Gasteiger partial charge on any atom is 0.277 e. The Labute approximate surface area is 120 Å². The zero-order valence-electron chi connectivity index (χ0n) is 11.7. The Morgan fingerprint density at radius 3 is 2.80 bits per heavy atom. The molecule has 1 aromatic carbocycles. The summed E-state index contributed by atoms with van der Waals surface area (Å²) in [7, 11) is -3.50. The number of aliphatic hydroxyl groups excluding tert-OH is 1. The Morgan fingerprint density at radius 2 is 2.15 bits per heavy atom. The summed E-state index contributed by atoms with van der Waals surface area (Å²) >= 11 is 0. The van der Waals surface area contributed by atoms with E-state index in [2.05, 4.69) is 21.3 Å². The van der Waals surface area contributed by atoms with Gasteiger partial charge in [0, 0.05) is 18.2 Å². The molecule has 3 N–H and O–H groups in total. The van der Waals surface area contributed by atoms with Crippen molar-refractivity contribution in [1.82, 2.24) is 9.44 Å². The summed E-state index contributed by atoms with van der Waals surface area (Å²) in [5, 5.41) is 8.67. The average molecular weight is 296 g/mol. The number of rotatable bonds is 6. The number of aliphatic hydroxyl groups is 1. The van der Waals surface area contributed by atoms with Gasteiger partial charge in [0.1, 0.15) is 6.61 Å². The van der Waals surface area contributed by atoms with Crippen LogP contribution in [-0.2, 0) is 10.2 Å². The van der Waals surface area contributed by atoms with E-state index < -0.39 is 10.2 Å². The van der Waals surface area contributed by atoms with Gasteiger partial charge in [-0.05, 0) is 31.0 Å². The molecule has 0 heterocycles. The fraction of sp³-hybridized carbons (Fsp3) is 0.429. The van der Waals surface area contributed by atoms with E-state index in [1.807, 2.05) is 19.1 Å². The molecule has 5 nitrogen and oxygen atoms in total. The lowest BCUT2D eigenvalue weighted by molar-refractivity contribution is 0.350. The van der Waals surface area contributed by atoms with Gasteiger partial charge in [-0.3, -0.25) is 0 Å². The average Bonchev–Trinajstić information content (AvgIpc) is 2.43. The highest BCUT2D eigenvalue weighted by molar-refractivity contribution is 7.87. The lowest BCUT2D eigenvalue weighted by atomic mass is 10.1. The van der Waals surface area contributed by atoms with Gasteiger partial charge in [-0.2, -0.15) is 13.1 Å². The molecule has 0 aliphatic heterocycles. The van der Waals surface area contributed by atoms with E-state index in [0.29, 0.717) is 6.54 Å². The third-order valence-electron chi connectivity index (χ3n) is 2.57. The summed E-state index contributed by atoms with van der Waals surface area (Å²) in [6.45, 7) is 3.87. The van der Waals surface area contributed by atoms with Gasteiger partial charge < -0.3 is 5.11 Å². The molecule has 1 unspecified atom stereocenters. The van der Waals surface area contributed by atoms with E-state index in [0.717, 1.165) is 17.5 Å². The summed E-state index contributed by atoms with van der Waals surface area (Å²) < 4.78 is 28.5. The highest BCUT2D eigenvalue weighted by Crippen LogP contribution is 2.14. The Morgan fingerprint density at radius 1 is 1.40 bits per heavy atom. The van der Waals surface area contributed by atoms with Crippen molar-refractivity contribution in [3.8, 4) is 11.8 Å². The second-order valence-corrected chi connectivity index (χ2v) is 5.85. The quantitative estimate of drug-likeness (QED) is 0.683.